The molecular weight excluding hydrogens is 427 g/mol. The number of aromatic carboxylic acids is 1. The van der Waals surface area contributed by atoms with E-state index in [1.165, 1.54) is 56.2 Å². The topological polar surface area (TPSA) is 46.5 Å². The van der Waals surface area contributed by atoms with E-state index in [0.29, 0.717) is 12.2 Å². The van der Waals surface area contributed by atoms with Crippen molar-refractivity contribution in [2.75, 3.05) is 0 Å². The lowest BCUT2D eigenvalue weighted by Gasteiger charge is -2.25. The van der Waals surface area contributed by atoms with Gasteiger partial charge in [-0.05, 0) is 65.6 Å². The van der Waals surface area contributed by atoms with Crippen molar-refractivity contribution < 1.29 is 19.0 Å². The van der Waals surface area contributed by atoms with Gasteiger partial charge in [0.25, 0.3) is 0 Å². The van der Waals surface area contributed by atoms with Crippen molar-refractivity contribution in [3.8, 4) is 11.1 Å². The van der Waals surface area contributed by atoms with Crippen LogP contribution in [0.3, 0.4) is 0 Å². The number of ether oxygens (including phenoxy) is 1. The summed E-state index contributed by atoms with van der Waals surface area (Å²) < 4.78 is 20.6. The van der Waals surface area contributed by atoms with Crippen LogP contribution in [0.4, 0.5) is 4.39 Å². The summed E-state index contributed by atoms with van der Waals surface area (Å²) in [6.07, 6.45) is 9.08. The summed E-state index contributed by atoms with van der Waals surface area (Å²) in [5, 5.41) is 9.06. The van der Waals surface area contributed by atoms with Crippen molar-refractivity contribution in [3.63, 3.8) is 0 Å². The third-order valence-corrected chi connectivity index (χ3v) is 6.99. The molecular formula is C30H33FO3. The minimum absolute atomic E-state index is 0.0702. The average Bonchev–Trinajstić information content (AvgIpc) is 2.85. The fourth-order valence-electron chi connectivity index (χ4n) is 5.07. The van der Waals surface area contributed by atoms with E-state index in [1.807, 2.05) is 25.1 Å². The predicted octanol–water partition coefficient (Wildman–Crippen LogP) is 8.12. The largest absolute Gasteiger partial charge is 0.478 e. The Labute approximate surface area is 201 Å². The maximum Gasteiger partial charge on any atom is 0.338 e. The monoisotopic (exact) mass is 460 g/mol. The molecule has 34 heavy (non-hydrogen) atoms. The minimum Gasteiger partial charge on any atom is -0.478 e. The fraction of sp³-hybridized carbons (Fsp3) is 0.367. The Kier molecular flexibility index (Phi) is 8.12. The van der Waals surface area contributed by atoms with Crippen molar-refractivity contribution in [3.05, 3.63) is 94.8 Å². The van der Waals surface area contributed by atoms with Gasteiger partial charge in [0, 0.05) is 0 Å². The van der Waals surface area contributed by atoms with Crippen molar-refractivity contribution in [2.45, 2.75) is 64.6 Å². The van der Waals surface area contributed by atoms with E-state index >= 15 is 0 Å². The van der Waals surface area contributed by atoms with E-state index in [-0.39, 0.29) is 11.7 Å². The molecule has 4 rings (SSSR count). The Morgan fingerprint density at radius 2 is 1.79 bits per heavy atom. The highest BCUT2D eigenvalue weighted by Crippen LogP contribution is 2.33. The van der Waals surface area contributed by atoms with E-state index in [1.54, 1.807) is 6.07 Å². The SMILES string of the molecule is Cc1cc(COC(CCC2CCCCC2)c2ccccc2)ccc1-c1ccc(C(=O)O)c(F)c1. The molecule has 4 heteroatoms. The second-order valence-corrected chi connectivity index (χ2v) is 9.44. The summed E-state index contributed by atoms with van der Waals surface area (Å²) in [5.74, 6) is -1.16. The van der Waals surface area contributed by atoms with Crippen LogP contribution >= 0.6 is 0 Å². The van der Waals surface area contributed by atoms with Crippen molar-refractivity contribution >= 4 is 5.97 Å². The van der Waals surface area contributed by atoms with E-state index in [2.05, 4.69) is 30.3 Å². The smallest absolute Gasteiger partial charge is 0.338 e. The van der Waals surface area contributed by atoms with Crippen LogP contribution in [0.2, 0.25) is 0 Å². The maximum absolute atomic E-state index is 14.2. The summed E-state index contributed by atoms with van der Waals surface area (Å²) in [7, 11) is 0. The summed E-state index contributed by atoms with van der Waals surface area (Å²) in [6.45, 7) is 2.50. The molecule has 3 aromatic rings. The standard InChI is InChI=1S/C30H33FO3/c1-21-18-23(12-15-26(21)25-14-16-27(30(32)33)28(31)19-25)20-34-29(24-10-6-3-7-11-24)17-13-22-8-4-2-5-9-22/h3,6-7,10-12,14-16,18-19,22,29H,2,4-5,8-9,13,17,20H2,1H3,(H,32,33). The van der Waals surface area contributed by atoms with Crippen LogP contribution in [-0.4, -0.2) is 11.1 Å². The van der Waals surface area contributed by atoms with Crippen molar-refractivity contribution in [1.29, 1.82) is 0 Å². The van der Waals surface area contributed by atoms with Gasteiger partial charge < -0.3 is 9.84 Å². The van der Waals surface area contributed by atoms with E-state index in [9.17, 15) is 9.18 Å². The quantitative estimate of drug-likeness (QED) is 0.351. The van der Waals surface area contributed by atoms with Crippen LogP contribution in [0.15, 0.2) is 66.7 Å². The van der Waals surface area contributed by atoms with Gasteiger partial charge in [0.05, 0.1) is 18.3 Å². The van der Waals surface area contributed by atoms with Gasteiger partial charge in [-0.1, -0.05) is 86.7 Å². The van der Waals surface area contributed by atoms with Crippen LogP contribution < -0.4 is 0 Å². The summed E-state index contributed by atoms with van der Waals surface area (Å²) in [6, 6.07) is 20.8. The number of hydrogen-bond acceptors (Lipinski definition) is 2. The molecule has 0 aliphatic heterocycles. The number of benzene rings is 3. The van der Waals surface area contributed by atoms with Gasteiger partial charge in [-0.25, -0.2) is 9.18 Å². The second kappa shape index (κ2) is 11.4. The zero-order chi connectivity index (χ0) is 23.9. The molecule has 0 aromatic heterocycles. The first-order valence-corrected chi connectivity index (χ1v) is 12.3. The van der Waals surface area contributed by atoms with Crippen molar-refractivity contribution in [2.24, 2.45) is 5.92 Å². The normalized spacial score (nSPS) is 15.2. The zero-order valence-electron chi connectivity index (χ0n) is 19.8. The van der Waals surface area contributed by atoms with E-state index < -0.39 is 11.8 Å². The Bertz CT molecular complexity index is 1100. The summed E-state index contributed by atoms with van der Waals surface area (Å²) in [4.78, 5) is 11.1. The van der Waals surface area contributed by atoms with Crippen LogP contribution in [0.1, 0.15) is 78.1 Å². The second-order valence-electron chi connectivity index (χ2n) is 9.44. The minimum atomic E-state index is -1.26. The van der Waals surface area contributed by atoms with Gasteiger partial charge in [-0.2, -0.15) is 0 Å². The maximum atomic E-state index is 14.2. The Morgan fingerprint density at radius 3 is 2.47 bits per heavy atom. The number of carbonyl (C=O) groups is 1. The lowest BCUT2D eigenvalue weighted by atomic mass is 9.85. The predicted molar refractivity (Wildman–Crippen MR) is 133 cm³/mol. The molecule has 0 bridgehead atoms. The Hall–Kier alpha value is -2.98. The van der Waals surface area contributed by atoms with Crippen LogP contribution in [0.25, 0.3) is 11.1 Å². The van der Waals surface area contributed by atoms with E-state index in [0.717, 1.165) is 29.0 Å². The molecule has 1 aliphatic carbocycles. The summed E-state index contributed by atoms with van der Waals surface area (Å²) >= 11 is 0. The molecule has 0 heterocycles. The Morgan fingerprint density at radius 1 is 1.03 bits per heavy atom. The molecule has 3 aromatic carbocycles. The van der Waals surface area contributed by atoms with Gasteiger partial charge in [-0.15, -0.1) is 0 Å². The number of hydrogen-bond donors (Lipinski definition) is 1. The molecule has 0 spiro atoms. The number of carboxylic acid groups (broad SMARTS) is 1. The van der Waals surface area contributed by atoms with Gasteiger partial charge in [0.1, 0.15) is 5.82 Å². The van der Waals surface area contributed by atoms with Crippen molar-refractivity contribution in [1.82, 2.24) is 0 Å². The lowest BCUT2D eigenvalue weighted by Crippen LogP contribution is -2.11. The number of halogens is 1. The van der Waals surface area contributed by atoms with Gasteiger partial charge in [0.15, 0.2) is 0 Å². The average molecular weight is 461 g/mol. The molecule has 3 nitrogen and oxygen atoms in total. The van der Waals surface area contributed by atoms with Crippen LogP contribution in [-0.2, 0) is 11.3 Å². The molecule has 1 N–H and O–H groups in total. The first-order valence-electron chi connectivity index (χ1n) is 12.3. The molecule has 1 fully saturated rings. The van der Waals surface area contributed by atoms with Crippen LogP contribution in [0.5, 0.6) is 0 Å². The third kappa shape index (κ3) is 6.12. The van der Waals surface area contributed by atoms with Gasteiger partial charge in [0.2, 0.25) is 0 Å². The van der Waals surface area contributed by atoms with Gasteiger partial charge in [-0.3, -0.25) is 0 Å². The highest BCUT2D eigenvalue weighted by atomic mass is 19.1. The molecule has 1 unspecified atom stereocenters. The molecule has 1 saturated carbocycles. The molecule has 1 aliphatic rings. The number of rotatable bonds is 9. The number of carboxylic acids is 1. The highest BCUT2D eigenvalue weighted by molar-refractivity contribution is 5.88. The lowest BCUT2D eigenvalue weighted by molar-refractivity contribution is 0.0284. The molecule has 178 valence electrons. The summed E-state index contributed by atoms with van der Waals surface area (Å²) in [5.41, 5.74) is 4.54. The molecule has 0 amide bonds. The first kappa shape index (κ1) is 24.2. The first-order chi connectivity index (χ1) is 16.5. The van der Waals surface area contributed by atoms with Gasteiger partial charge >= 0.3 is 5.97 Å². The Balaban J connectivity index is 1.44. The fourth-order valence-corrected chi connectivity index (χ4v) is 5.07. The third-order valence-electron chi connectivity index (χ3n) is 6.99. The highest BCUT2D eigenvalue weighted by Gasteiger charge is 2.18. The molecule has 0 radical (unpaired) electrons. The number of aryl methyl sites for hydroxylation is 1. The molecule has 1 atom stereocenters. The van der Waals surface area contributed by atoms with E-state index in [4.69, 9.17) is 9.84 Å². The van der Waals surface area contributed by atoms with Crippen LogP contribution in [0, 0.1) is 18.7 Å². The molecule has 0 saturated heterocycles. The zero-order valence-corrected chi connectivity index (χ0v) is 19.8.